The quantitative estimate of drug-likeness (QED) is 0.476. The van der Waals surface area contributed by atoms with Crippen molar-refractivity contribution in [2.45, 2.75) is 39.8 Å². The van der Waals surface area contributed by atoms with E-state index in [1.165, 1.54) is 6.92 Å². The van der Waals surface area contributed by atoms with Gasteiger partial charge in [-0.2, -0.15) is 5.10 Å². The number of aryl methyl sites for hydroxylation is 1. The molecule has 30 heavy (non-hydrogen) atoms. The van der Waals surface area contributed by atoms with Crippen LogP contribution in [0.25, 0.3) is 22.3 Å². The summed E-state index contributed by atoms with van der Waals surface area (Å²) in [6.07, 6.45) is 2.23. The zero-order valence-corrected chi connectivity index (χ0v) is 17.7. The Morgan fingerprint density at radius 2 is 1.93 bits per heavy atom. The van der Waals surface area contributed by atoms with Gasteiger partial charge in [0.1, 0.15) is 0 Å². The minimum atomic E-state index is -0.941. The summed E-state index contributed by atoms with van der Waals surface area (Å²) in [6, 6.07) is 9.65. The molecule has 156 valence electrons. The molecular formula is C23H26N4O3. The molecule has 7 heteroatoms. The monoisotopic (exact) mass is 406 g/mol. The van der Waals surface area contributed by atoms with E-state index < -0.39 is 12.1 Å². The van der Waals surface area contributed by atoms with Gasteiger partial charge in [0.2, 0.25) is 0 Å². The third-order valence-electron chi connectivity index (χ3n) is 4.70. The van der Waals surface area contributed by atoms with Gasteiger partial charge in [-0.05, 0) is 33.8 Å². The lowest BCUT2D eigenvalue weighted by Gasteiger charge is -2.14. The third-order valence-corrected chi connectivity index (χ3v) is 4.70. The number of benzene rings is 1. The normalized spacial score (nSPS) is 12.0. The minimum absolute atomic E-state index is 0.0655. The highest BCUT2D eigenvalue weighted by molar-refractivity contribution is 6.04. The number of rotatable bonds is 7. The van der Waals surface area contributed by atoms with Gasteiger partial charge in [0, 0.05) is 18.2 Å². The molecule has 7 nitrogen and oxygen atoms in total. The van der Waals surface area contributed by atoms with Gasteiger partial charge in [-0.1, -0.05) is 35.9 Å². The minimum Gasteiger partial charge on any atom is -0.449 e. The number of esters is 1. The van der Waals surface area contributed by atoms with Crippen LogP contribution < -0.4 is 5.32 Å². The molecule has 0 bridgehead atoms. The van der Waals surface area contributed by atoms with Crippen LogP contribution in [0.2, 0.25) is 0 Å². The molecule has 0 radical (unpaired) electrons. The first-order valence-electron chi connectivity index (χ1n) is 9.86. The van der Waals surface area contributed by atoms with Gasteiger partial charge in [-0.25, -0.2) is 14.5 Å². The molecule has 0 fully saturated rings. The van der Waals surface area contributed by atoms with E-state index in [0.717, 1.165) is 11.1 Å². The Hall–Kier alpha value is -3.48. The fourth-order valence-electron chi connectivity index (χ4n) is 3.03. The number of nitrogens with zero attached hydrogens (tertiary/aromatic N) is 3. The first-order valence-corrected chi connectivity index (χ1v) is 9.86. The Morgan fingerprint density at radius 1 is 1.23 bits per heavy atom. The number of ether oxygens (including phenoxy) is 1. The Labute approximate surface area is 175 Å². The third kappa shape index (κ3) is 4.40. The summed E-state index contributed by atoms with van der Waals surface area (Å²) >= 11 is 0. The molecule has 3 rings (SSSR count). The number of nitrogens with one attached hydrogen (secondary N) is 1. The van der Waals surface area contributed by atoms with Crippen molar-refractivity contribution in [2.75, 3.05) is 6.54 Å². The molecule has 1 aromatic carbocycles. The van der Waals surface area contributed by atoms with Gasteiger partial charge in [-0.15, -0.1) is 6.58 Å². The lowest BCUT2D eigenvalue weighted by Crippen LogP contribution is -2.35. The maximum atomic E-state index is 13.0. The predicted octanol–water partition coefficient (Wildman–Crippen LogP) is 3.84. The second kappa shape index (κ2) is 8.90. The summed E-state index contributed by atoms with van der Waals surface area (Å²) in [5.41, 5.74) is 3.57. The average Bonchev–Trinajstić information content (AvgIpc) is 3.16. The van der Waals surface area contributed by atoms with Crippen LogP contribution in [0.1, 0.15) is 42.7 Å². The molecular weight excluding hydrogens is 380 g/mol. The fraction of sp³-hybridized carbons (Fsp3) is 0.304. The molecule has 2 aromatic heterocycles. The van der Waals surface area contributed by atoms with Crippen molar-refractivity contribution >= 4 is 22.9 Å². The SMILES string of the molecule is C=CCNC(=O)C(C)OC(=O)c1cc(-c2ccc(C)cc2)nc2c1cnn2C(C)C. The summed E-state index contributed by atoms with van der Waals surface area (Å²) in [4.78, 5) is 29.8. The average molecular weight is 406 g/mol. The van der Waals surface area contributed by atoms with Crippen LogP contribution in [0.4, 0.5) is 0 Å². The molecule has 0 saturated carbocycles. The molecule has 0 aliphatic heterocycles. The van der Waals surface area contributed by atoms with Gasteiger partial charge in [-0.3, -0.25) is 4.79 Å². The Kier molecular flexibility index (Phi) is 6.30. The highest BCUT2D eigenvalue weighted by Crippen LogP contribution is 2.27. The number of hydrogen-bond acceptors (Lipinski definition) is 5. The molecule has 0 aliphatic rings. The Balaban J connectivity index is 2.04. The second-order valence-corrected chi connectivity index (χ2v) is 7.42. The van der Waals surface area contributed by atoms with E-state index >= 15 is 0 Å². The molecule has 1 N–H and O–H groups in total. The van der Waals surface area contributed by atoms with Crippen molar-refractivity contribution in [2.24, 2.45) is 0 Å². The van der Waals surface area contributed by atoms with Gasteiger partial charge < -0.3 is 10.1 Å². The second-order valence-electron chi connectivity index (χ2n) is 7.42. The standard InChI is InChI=1S/C23H26N4O3/c1-6-11-24-22(28)16(5)30-23(29)18-12-20(17-9-7-15(4)8-10-17)26-21-19(18)13-25-27(21)14(2)3/h6-10,12-14,16H,1,11H2,2-5H3,(H,24,28). The first-order chi connectivity index (χ1) is 14.3. The number of carbonyl (C=O) groups excluding carboxylic acids is 2. The molecule has 1 unspecified atom stereocenters. The fourth-order valence-corrected chi connectivity index (χ4v) is 3.03. The zero-order valence-electron chi connectivity index (χ0n) is 17.7. The highest BCUT2D eigenvalue weighted by Gasteiger charge is 2.23. The van der Waals surface area contributed by atoms with Crippen molar-refractivity contribution < 1.29 is 14.3 Å². The van der Waals surface area contributed by atoms with Crippen LogP contribution in [0.5, 0.6) is 0 Å². The van der Waals surface area contributed by atoms with Crippen molar-refractivity contribution in [1.29, 1.82) is 0 Å². The largest absolute Gasteiger partial charge is 0.449 e. The van der Waals surface area contributed by atoms with Crippen molar-refractivity contribution in [3.05, 3.63) is 60.3 Å². The number of carbonyl (C=O) groups is 2. The maximum Gasteiger partial charge on any atom is 0.339 e. The molecule has 2 heterocycles. The van der Waals surface area contributed by atoms with Gasteiger partial charge in [0.25, 0.3) is 5.91 Å². The van der Waals surface area contributed by atoms with Crippen LogP contribution in [0, 0.1) is 6.92 Å². The van der Waals surface area contributed by atoms with E-state index in [9.17, 15) is 9.59 Å². The van der Waals surface area contributed by atoms with Crippen molar-refractivity contribution in [3.63, 3.8) is 0 Å². The van der Waals surface area contributed by atoms with Crippen LogP contribution in [-0.2, 0) is 9.53 Å². The summed E-state index contributed by atoms with van der Waals surface area (Å²) < 4.78 is 7.20. The topological polar surface area (TPSA) is 86.1 Å². The number of fused-ring (bicyclic) bond motifs is 1. The smallest absolute Gasteiger partial charge is 0.339 e. The number of aromatic nitrogens is 3. The van der Waals surface area contributed by atoms with Gasteiger partial charge in [0.05, 0.1) is 22.8 Å². The Morgan fingerprint density at radius 3 is 2.57 bits per heavy atom. The summed E-state index contributed by atoms with van der Waals surface area (Å²) in [5.74, 6) is -0.981. The summed E-state index contributed by atoms with van der Waals surface area (Å²) in [7, 11) is 0. The van der Waals surface area contributed by atoms with E-state index in [-0.39, 0.29) is 11.9 Å². The summed E-state index contributed by atoms with van der Waals surface area (Å²) in [5, 5.41) is 7.61. The van der Waals surface area contributed by atoms with Gasteiger partial charge >= 0.3 is 5.97 Å². The molecule has 1 amide bonds. The predicted molar refractivity (Wildman–Crippen MR) is 116 cm³/mol. The number of hydrogen-bond donors (Lipinski definition) is 1. The molecule has 1 atom stereocenters. The zero-order chi connectivity index (χ0) is 21.8. The number of pyridine rings is 1. The number of amides is 1. The van der Waals surface area contributed by atoms with Crippen LogP contribution in [0.15, 0.2) is 49.2 Å². The van der Waals surface area contributed by atoms with Crippen molar-refractivity contribution in [3.8, 4) is 11.3 Å². The van der Waals surface area contributed by atoms with Crippen LogP contribution in [-0.4, -0.2) is 39.3 Å². The summed E-state index contributed by atoms with van der Waals surface area (Å²) in [6.45, 7) is 11.4. The van der Waals surface area contributed by atoms with Crippen molar-refractivity contribution in [1.82, 2.24) is 20.1 Å². The van der Waals surface area contributed by atoms with Crippen LogP contribution in [0.3, 0.4) is 0 Å². The van der Waals surface area contributed by atoms with Gasteiger partial charge in [0.15, 0.2) is 11.8 Å². The first kappa shape index (κ1) is 21.2. The van der Waals surface area contributed by atoms with E-state index in [1.807, 2.05) is 45.0 Å². The van der Waals surface area contributed by atoms with E-state index in [2.05, 4.69) is 17.0 Å². The maximum absolute atomic E-state index is 13.0. The van der Waals surface area contributed by atoms with E-state index in [1.54, 1.807) is 23.0 Å². The highest BCUT2D eigenvalue weighted by atomic mass is 16.5. The lowest BCUT2D eigenvalue weighted by atomic mass is 10.1. The lowest BCUT2D eigenvalue weighted by molar-refractivity contribution is -0.128. The van der Waals surface area contributed by atoms with E-state index in [0.29, 0.717) is 28.8 Å². The van der Waals surface area contributed by atoms with E-state index in [4.69, 9.17) is 9.72 Å². The molecule has 0 saturated heterocycles. The molecule has 0 aliphatic carbocycles. The Bertz CT molecular complexity index is 1080. The molecule has 0 spiro atoms. The van der Waals surface area contributed by atoms with Crippen LogP contribution >= 0.6 is 0 Å². The molecule has 3 aromatic rings.